The van der Waals surface area contributed by atoms with Crippen LogP contribution in [0.2, 0.25) is 0 Å². The fourth-order valence-electron chi connectivity index (χ4n) is 1.73. The largest absolute Gasteiger partial charge is 0.326 e. The lowest BCUT2D eigenvalue weighted by atomic mass is 10.2. The van der Waals surface area contributed by atoms with Gasteiger partial charge < -0.3 is 10.6 Å². The zero-order valence-corrected chi connectivity index (χ0v) is 14.5. The summed E-state index contributed by atoms with van der Waals surface area (Å²) in [6, 6.07) is 4.92. The first-order valence-electron chi connectivity index (χ1n) is 6.42. The zero-order chi connectivity index (χ0) is 15.3. The minimum atomic E-state index is -3.52. The van der Waals surface area contributed by atoms with E-state index in [9.17, 15) is 8.42 Å². The summed E-state index contributed by atoms with van der Waals surface area (Å²) in [6.07, 6.45) is 0.755. The predicted octanol–water partition coefficient (Wildman–Crippen LogP) is 1.53. The second-order valence-electron chi connectivity index (χ2n) is 5.08. The minimum absolute atomic E-state index is 0.122. The minimum Gasteiger partial charge on any atom is -0.326 e. The second-order valence-corrected chi connectivity index (χ2v) is 7.62. The molecule has 20 heavy (non-hydrogen) atoms. The number of sulfonamides is 1. The molecule has 0 amide bonds. The Bertz CT molecular complexity index is 547. The molecule has 114 valence electrons. The van der Waals surface area contributed by atoms with Gasteiger partial charge in [0.25, 0.3) is 0 Å². The molecular weight excluding hydrogens is 342 g/mol. The predicted molar refractivity (Wildman–Crippen MR) is 85.0 cm³/mol. The summed E-state index contributed by atoms with van der Waals surface area (Å²) < 4.78 is 27.9. The smallest absolute Gasteiger partial charge is 0.241 e. The van der Waals surface area contributed by atoms with E-state index < -0.39 is 10.0 Å². The first-order chi connectivity index (χ1) is 9.26. The highest BCUT2D eigenvalue weighted by atomic mass is 79.9. The third-order valence-corrected chi connectivity index (χ3v) is 5.45. The van der Waals surface area contributed by atoms with E-state index in [0.29, 0.717) is 11.0 Å². The molecule has 0 aliphatic heterocycles. The van der Waals surface area contributed by atoms with Gasteiger partial charge in [0.2, 0.25) is 10.0 Å². The molecule has 0 heterocycles. The van der Waals surface area contributed by atoms with Crippen molar-refractivity contribution in [2.45, 2.75) is 30.8 Å². The number of halogens is 1. The van der Waals surface area contributed by atoms with Crippen molar-refractivity contribution in [3.8, 4) is 0 Å². The molecule has 0 fully saturated rings. The molecule has 5 nitrogen and oxygen atoms in total. The van der Waals surface area contributed by atoms with Crippen LogP contribution in [0.5, 0.6) is 0 Å². The van der Waals surface area contributed by atoms with E-state index in [1.165, 1.54) is 0 Å². The van der Waals surface area contributed by atoms with E-state index in [2.05, 4.69) is 20.7 Å². The summed E-state index contributed by atoms with van der Waals surface area (Å²) in [6.45, 7) is 3.08. The number of nitrogens with two attached hydrogens (primary N) is 1. The van der Waals surface area contributed by atoms with Crippen molar-refractivity contribution in [1.82, 2.24) is 9.62 Å². The third-order valence-electron chi connectivity index (χ3n) is 2.89. The molecule has 1 rings (SSSR count). The van der Waals surface area contributed by atoms with Crippen LogP contribution in [0.3, 0.4) is 0 Å². The molecule has 1 atom stereocenters. The molecule has 0 radical (unpaired) electrons. The van der Waals surface area contributed by atoms with Gasteiger partial charge in [-0.05, 0) is 67.6 Å². The maximum atomic E-state index is 12.3. The third kappa shape index (κ3) is 5.14. The van der Waals surface area contributed by atoms with Crippen molar-refractivity contribution in [3.05, 3.63) is 28.2 Å². The summed E-state index contributed by atoms with van der Waals surface area (Å²) in [5.74, 6) is 0. The van der Waals surface area contributed by atoms with Crippen LogP contribution in [-0.2, 0) is 16.6 Å². The molecule has 1 unspecified atom stereocenters. The average Bonchev–Trinajstić information content (AvgIpc) is 2.35. The maximum absolute atomic E-state index is 12.3. The number of hydrogen-bond acceptors (Lipinski definition) is 4. The maximum Gasteiger partial charge on any atom is 0.241 e. The lowest BCUT2D eigenvalue weighted by molar-refractivity contribution is 0.379. The highest BCUT2D eigenvalue weighted by molar-refractivity contribution is 9.10. The van der Waals surface area contributed by atoms with Crippen molar-refractivity contribution < 1.29 is 8.42 Å². The van der Waals surface area contributed by atoms with Crippen LogP contribution < -0.4 is 10.5 Å². The Morgan fingerprint density at radius 1 is 1.40 bits per heavy atom. The molecule has 7 heteroatoms. The standard InChI is InChI=1S/C13H22BrN3O2S/c1-10(6-7-17(2)3)16-20(18,19)13-5-4-11(9-15)8-12(13)14/h4-5,8,10,16H,6-7,9,15H2,1-3H3. The van der Waals surface area contributed by atoms with Gasteiger partial charge in [-0.25, -0.2) is 13.1 Å². The molecule has 0 spiro atoms. The van der Waals surface area contributed by atoms with Crippen LogP contribution in [0, 0.1) is 0 Å². The van der Waals surface area contributed by atoms with Gasteiger partial charge in [0.1, 0.15) is 0 Å². The molecule has 0 bridgehead atoms. The molecule has 1 aromatic carbocycles. The van der Waals surface area contributed by atoms with E-state index in [1.54, 1.807) is 18.2 Å². The lowest BCUT2D eigenvalue weighted by Gasteiger charge is -2.17. The highest BCUT2D eigenvalue weighted by Gasteiger charge is 2.20. The van der Waals surface area contributed by atoms with Gasteiger partial charge in [-0.1, -0.05) is 6.07 Å². The Labute approximate surface area is 129 Å². The molecule has 0 saturated heterocycles. The van der Waals surface area contributed by atoms with Crippen molar-refractivity contribution in [1.29, 1.82) is 0 Å². The fourth-order valence-corrected chi connectivity index (χ4v) is 4.13. The van der Waals surface area contributed by atoms with Crippen molar-refractivity contribution in [3.63, 3.8) is 0 Å². The van der Waals surface area contributed by atoms with Gasteiger partial charge in [0.05, 0.1) is 4.90 Å². The highest BCUT2D eigenvalue weighted by Crippen LogP contribution is 2.23. The molecule has 0 aromatic heterocycles. The summed E-state index contributed by atoms with van der Waals surface area (Å²) in [5.41, 5.74) is 6.42. The Morgan fingerprint density at radius 2 is 2.05 bits per heavy atom. The SMILES string of the molecule is CC(CCN(C)C)NS(=O)(=O)c1ccc(CN)cc1Br. The molecule has 0 saturated carbocycles. The molecule has 0 aliphatic rings. The van der Waals surface area contributed by atoms with Crippen LogP contribution in [0.4, 0.5) is 0 Å². The summed E-state index contributed by atoms with van der Waals surface area (Å²) >= 11 is 3.29. The van der Waals surface area contributed by atoms with Crippen LogP contribution in [0.15, 0.2) is 27.6 Å². The number of rotatable bonds is 7. The van der Waals surface area contributed by atoms with Gasteiger partial charge >= 0.3 is 0 Å². The fraction of sp³-hybridized carbons (Fsp3) is 0.538. The summed E-state index contributed by atoms with van der Waals surface area (Å²) in [7, 11) is 0.404. The first kappa shape index (κ1) is 17.6. The van der Waals surface area contributed by atoms with Gasteiger partial charge in [0, 0.05) is 17.1 Å². The second kappa shape index (κ2) is 7.51. The number of nitrogens with zero attached hydrogens (tertiary/aromatic N) is 1. The monoisotopic (exact) mass is 363 g/mol. The normalized spacial score (nSPS) is 13.7. The number of benzene rings is 1. The molecule has 1 aromatic rings. The first-order valence-corrected chi connectivity index (χ1v) is 8.69. The Balaban J connectivity index is 2.83. The van der Waals surface area contributed by atoms with Crippen LogP contribution in [-0.4, -0.2) is 40.0 Å². The Kier molecular flexibility index (Phi) is 6.60. The Morgan fingerprint density at radius 3 is 2.55 bits per heavy atom. The van der Waals surface area contributed by atoms with Crippen molar-refractivity contribution in [2.24, 2.45) is 5.73 Å². The average molecular weight is 364 g/mol. The van der Waals surface area contributed by atoms with Crippen molar-refractivity contribution in [2.75, 3.05) is 20.6 Å². The van der Waals surface area contributed by atoms with E-state index in [0.717, 1.165) is 18.5 Å². The van der Waals surface area contributed by atoms with Gasteiger partial charge in [-0.15, -0.1) is 0 Å². The number of nitrogens with one attached hydrogen (secondary N) is 1. The van der Waals surface area contributed by atoms with Gasteiger partial charge in [-0.2, -0.15) is 0 Å². The topological polar surface area (TPSA) is 75.4 Å². The summed E-state index contributed by atoms with van der Waals surface area (Å²) in [5, 5.41) is 0. The quantitative estimate of drug-likeness (QED) is 0.769. The van der Waals surface area contributed by atoms with Crippen LogP contribution in [0.25, 0.3) is 0 Å². The van der Waals surface area contributed by atoms with E-state index >= 15 is 0 Å². The zero-order valence-electron chi connectivity index (χ0n) is 12.1. The van der Waals surface area contributed by atoms with Gasteiger partial charge in [-0.3, -0.25) is 0 Å². The van der Waals surface area contributed by atoms with Crippen LogP contribution >= 0.6 is 15.9 Å². The van der Waals surface area contributed by atoms with E-state index in [1.807, 2.05) is 25.9 Å². The van der Waals surface area contributed by atoms with Crippen molar-refractivity contribution >= 4 is 26.0 Å². The molecular formula is C13H22BrN3O2S. The molecule has 0 aliphatic carbocycles. The lowest BCUT2D eigenvalue weighted by Crippen LogP contribution is -2.35. The van der Waals surface area contributed by atoms with Crippen LogP contribution in [0.1, 0.15) is 18.9 Å². The Hall–Kier alpha value is -0.470. The van der Waals surface area contributed by atoms with Gasteiger partial charge in [0.15, 0.2) is 0 Å². The summed E-state index contributed by atoms with van der Waals surface area (Å²) in [4.78, 5) is 2.27. The van der Waals surface area contributed by atoms with E-state index in [-0.39, 0.29) is 10.9 Å². The van der Waals surface area contributed by atoms with E-state index in [4.69, 9.17) is 5.73 Å². The molecule has 3 N–H and O–H groups in total. The number of hydrogen-bond donors (Lipinski definition) is 2.